The lowest BCUT2D eigenvalue weighted by Gasteiger charge is -2.20. The molecule has 1 unspecified atom stereocenters. The van der Waals surface area contributed by atoms with E-state index in [4.69, 9.17) is 13.8 Å². The Bertz CT molecular complexity index is 4620. The smallest absolute Gasteiger partial charge is 0.136 e. The molecule has 10 aromatic carbocycles. The fourth-order valence-electron chi connectivity index (χ4n) is 12.0. The molecule has 14 rings (SSSR count). The summed E-state index contributed by atoms with van der Waals surface area (Å²) >= 11 is 1.87. The van der Waals surface area contributed by atoms with Gasteiger partial charge in [0.2, 0.25) is 0 Å². The zero-order chi connectivity index (χ0) is 50.1. The Morgan fingerprint density at radius 2 is 1.12 bits per heavy atom. The van der Waals surface area contributed by atoms with Crippen molar-refractivity contribution in [3.63, 3.8) is 0 Å². The quantitative estimate of drug-likeness (QED) is 0.121. The molecule has 5 heteroatoms. The Morgan fingerprint density at radius 1 is 0.480 bits per heavy atom. The molecular formula is C70H52N2O2S. The first-order chi connectivity index (χ1) is 37.0. The molecule has 0 fully saturated rings. The van der Waals surface area contributed by atoms with E-state index in [1.807, 2.05) is 17.4 Å². The van der Waals surface area contributed by atoms with Gasteiger partial charge in [-0.05, 0) is 149 Å². The summed E-state index contributed by atoms with van der Waals surface area (Å²) in [5.41, 5.74) is 18.5. The van der Waals surface area contributed by atoms with Gasteiger partial charge < -0.3 is 13.4 Å². The second-order valence-corrected chi connectivity index (χ2v) is 20.9. The van der Waals surface area contributed by atoms with Crippen LogP contribution in [0.3, 0.4) is 0 Å². The molecule has 0 bridgehead atoms. The normalized spacial score (nSPS) is 13.1. The number of furan rings is 2. The fraction of sp³-hybridized carbons (Fsp3) is 0.100. The lowest BCUT2D eigenvalue weighted by Crippen LogP contribution is -2.10. The SMILES string of the molecule is CCCC(N=C(/C(CC)=C(\C)c1cccc2oc3ccc(-c4cccc(-c5ccc6c(c5)c5ccccc5n6-c5ccccc5)c4)cc3c12)c1ccc2c(c1)oc1ccccc12)c1cccc2sc3ccccc3c12. The van der Waals surface area contributed by atoms with Crippen molar-refractivity contribution in [3.05, 3.63) is 241 Å². The molecule has 1 atom stereocenters. The van der Waals surface area contributed by atoms with E-state index in [0.717, 1.165) is 96.8 Å². The van der Waals surface area contributed by atoms with Crippen LogP contribution < -0.4 is 0 Å². The van der Waals surface area contributed by atoms with E-state index in [1.165, 1.54) is 69.8 Å². The molecule has 0 radical (unpaired) electrons. The van der Waals surface area contributed by atoms with E-state index in [0.29, 0.717) is 0 Å². The summed E-state index contributed by atoms with van der Waals surface area (Å²) in [6.07, 6.45) is 2.68. The van der Waals surface area contributed by atoms with Crippen molar-refractivity contribution in [2.24, 2.45) is 4.99 Å². The Kier molecular flexibility index (Phi) is 11.0. The molecule has 360 valence electrons. The van der Waals surface area contributed by atoms with E-state index in [1.54, 1.807) is 0 Å². The Hall–Kier alpha value is -8.77. The maximum atomic E-state index is 6.73. The van der Waals surface area contributed by atoms with Gasteiger partial charge in [0, 0.05) is 63.7 Å². The third-order valence-electron chi connectivity index (χ3n) is 15.5. The van der Waals surface area contributed by atoms with Gasteiger partial charge in [-0.15, -0.1) is 11.3 Å². The molecule has 4 aromatic heterocycles. The average molecular weight is 985 g/mol. The summed E-state index contributed by atoms with van der Waals surface area (Å²) in [6, 6.07) is 79.0. The van der Waals surface area contributed by atoms with Crippen LogP contribution in [0.15, 0.2) is 238 Å². The molecule has 0 amide bonds. The van der Waals surface area contributed by atoms with Crippen LogP contribution in [0.25, 0.3) is 119 Å². The zero-order valence-electron chi connectivity index (χ0n) is 42.1. The van der Waals surface area contributed by atoms with Crippen LogP contribution in [0.4, 0.5) is 0 Å². The minimum absolute atomic E-state index is 0.0760. The van der Waals surface area contributed by atoms with Gasteiger partial charge in [-0.25, -0.2) is 0 Å². The van der Waals surface area contributed by atoms with Gasteiger partial charge in [-0.2, -0.15) is 0 Å². The van der Waals surface area contributed by atoms with Crippen molar-refractivity contribution in [3.8, 4) is 27.9 Å². The van der Waals surface area contributed by atoms with E-state index in [9.17, 15) is 0 Å². The van der Waals surface area contributed by atoms with Gasteiger partial charge in [-0.1, -0.05) is 154 Å². The topological polar surface area (TPSA) is 43.6 Å². The van der Waals surface area contributed by atoms with E-state index in [2.05, 4.69) is 238 Å². The first kappa shape index (κ1) is 44.9. The predicted molar refractivity (Wildman–Crippen MR) is 319 cm³/mol. The summed E-state index contributed by atoms with van der Waals surface area (Å²) in [7, 11) is 0. The van der Waals surface area contributed by atoms with E-state index >= 15 is 0 Å². The largest absolute Gasteiger partial charge is 0.456 e. The maximum Gasteiger partial charge on any atom is 0.136 e. The van der Waals surface area contributed by atoms with Crippen molar-refractivity contribution in [2.75, 3.05) is 0 Å². The Morgan fingerprint density at radius 3 is 1.96 bits per heavy atom. The van der Waals surface area contributed by atoms with Crippen molar-refractivity contribution >= 4 is 108 Å². The lowest BCUT2D eigenvalue weighted by molar-refractivity contribution is 0.645. The molecule has 0 aliphatic heterocycles. The van der Waals surface area contributed by atoms with Gasteiger partial charge in [0.05, 0.1) is 22.8 Å². The minimum atomic E-state index is -0.0760. The number of benzene rings is 10. The monoisotopic (exact) mass is 984 g/mol. The third kappa shape index (κ3) is 7.52. The number of nitrogens with zero attached hydrogens (tertiary/aromatic N) is 2. The Labute approximate surface area is 439 Å². The molecule has 0 spiro atoms. The number of para-hydroxylation sites is 3. The van der Waals surface area contributed by atoms with Crippen molar-refractivity contribution in [2.45, 2.75) is 46.1 Å². The number of aromatic nitrogens is 1. The maximum absolute atomic E-state index is 6.73. The molecule has 4 heterocycles. The van der Waals surface area contributed by atoms with Gasteiger partial charge in [0.25, 0.3) is 0 Å². The Balaban J connectivity index is 0.911. The zero-order valence-corrected chi connectivity index (χ0v) is 42.9. The number of fused-ring (bicyclic) bond motifs is 12. The fourth-order valence-corrected chi connectivity index (χ4v) is 13.1. The molecule has 0 saturated carbocycles. The van der Waals surface area contributed by atoms with Gasteiger partial charge >= 0.3 is 0 Å². The standard InChI is InChI=1S/C70H52N2O2S/c1-4-18-59(55-27-17-32-67-69(55)56-25-11-14-31-66(56)75-67)71-70(48-33-36-54-53-24-10-13-29-62(53)74-65(54)42-48)50(5-2)43(3)51-26-16-30-64-68(51)58-41-47(35-38-63(58)73-64)45-20-15-19-44(39-45)46-34-37-61-57(40-46)52-23-9-12-28-60(52)72(61)49-21-7-6-8-22-49/h6-17,19-42,59H,4-5,18H2,1-3H3/b50-43+,71-70?. The second-order valence-electron chi connectivity index (χ2n) is 19.9. The number of hydrogen-bond donors (Lipinski definition) is 0. The van der Waals surface area contributed by atoms with Crippen LogP contribution in [0.2, 0.25) is 0 Å². The number of thiophene rings is 1. The van der Waals surface area contributed by atoms with Crippen LogP contribution in [0, 0.1) is 0 Å². The number of hydrogen-bond acceptors (Lipinski definition) is 4. The number of aliphatic imine (C=N–C) groups is 1. The minimum Gasteiger partial charge on any atom is -0.456 e. The summed E-state index contributed by atoms with van der Waals surface area (Å²) in [4.78, 5) is 5.98. The highest BCUT2D eigenvalue weighted by molar-refractivity contribution is 7.25. The summed E-state index contributed by atoms with van der Waals surface area (Å²) in [6.45, 7) is 6.83. The molecule has 0 aliphatic rings. The summed E-state index contributed by atoms with van der Waals surface area (Å²) in [5, 5.41) is 9.53. The second kappa shape index (κ2) is 18.3. The highest BCUT2D eigenvalue weighted by atomic mass is 32.1. The van der Waals surface area contributed by atoms with Crippen LogP contribution in [-0.2, 0) is 0 Å². The first-order valence-corrected chi connectivity index (χ1v) is 27.1. The first-order valence-electron chi connectivity index (χ1n) is 26.3. The van der Waals surface area contributed by atoms with Gasteiger partial charge in [0.15, 0.2) is 0 Å². The average Bonchev–Trinajstić information content (AvgIpc) is 4.26. The van der Waals surface area contributed by atoms with E-state index in [-0.39, 0.29) is 6.04 Å². The predicted octanol–water partition coefficient (Wildman–Crippen LogP) is 20.5. The summed E-state index contributed by atoms with van der Waals surface area (Å²) in [5.74, 6) is 0. The van der Waals surface area contributed by atoms with Crippen LogP contribution in [0.1, 0.15) is 62.8 Å². The van der Waals surface area contributed by atoms with Crippen LogP contribution in [0.5, 0.6) is 0 Å². The lowest BCUT2D eigenvalue weighted by atomic mass is 9.89. The van der Waals surface area contributed by atoms with E-state index < -0.39 is 0 Å². The van der Waals surface area contributed by atoms with Crippen LogP contribution in [-0.4, -0.2) is 10.3 Å². The number of rotatable bonds is 11. The highest BCUT2D eigenvalue weighted by Crippen LogP contribution is 2.44. The van der Waals surface area contributed by atoms with Crippen molar-refractivity contribution < 1.29 is 8.83 Å². The highest BCUT2D eigenvalue weighted by Gasteiger charge is 2.24. The van der Waals surface area contributed by atoms with Crippen LogP contribution >= 0.6 is 11.3 Å². The molecule has 0 N–H and O–H groups in total. The van der Waals surface area contributed by atoms with Crippen molar-refractivity contribution in [1.82, 2.24) is 4.57 Å². The third-order valence-corrected chi connectivity index (χ3v) is 16.6. The summed E-state index contributed by atoms with van der Waals surface area (Å²) < 4.78 is 18.3. The number of allylic oxidation sites excluding steroid dienone is 2. The molecule has 75 heavy (non-hydrogen) atoms. The molecule has 0 saturated heterocycles. The molecule has 4 nitrogen and oxygen atoms in total. The molecule has 0 aliphatic carbocycles. The van der Waals surface area contributed by atoms with Gasteiger partial charge in [0.1, 0.15) is 22.3 Å². The van der Waals surface area contributed by atoms with Gasteiger partial charge in [-0.3, -0.25) is 4.99 Å². The van der Waals surface area contributed by atoms with Crippen molar-refractivity contribution in [1.29, 1.82) is 0 Å². The molecule has 14 aromatic rings. The molecular weight excluding hydrogens is 933 g/mol.